The third kappa shape index (κ3) is 6.39. The summed E-state index contributed by atoms with van der Waals surface area (Å²) < 4.78 is 31.9. The monoisotopic (exact) mass is 589 g/mol. The average molecular weight is 590 g/mol. The van der Waals surface area contributed by atoms with E-state index in [0.717, 1.165) is 37.9 Å². The third-order valence-corrected chi connectivity index (χ3v) is 8.86. The number of hydrogen-bond donors (Lipinski definition) is 1. The number of rotatable bonds is 8. The fourth-order valence-corrected chi connectivity index (χ4v) is 6.54. The van der Waals surface area contributed by atoms with Gasteiger partial charge < -0.3 is 14.8 Å². The van der Waals surface area contributed by atoms with Crippen molar-refractivity contribution in [1.29, 1.82) is 0 Å². The van der Waals surface area contributed by atoms with Crippen molar-refractivity contribution in [3.8, 4) is 11.3 Å². The van der Waals surface area contributed by atoms with E-state index >= 15 is 4.39 Å². The summed E-state index contributed by atoms with van der Waals surface area (Å²) in [5.41, 5.74) is 2.35. The lowest BCUT2D eigenvalue weighted by atomic mass is 10.0. The van der Waals surface area contributed by atoms with Crippen molar-refractivity contribution in [2.24, 2.45) is 0 Å². The van der Waals surface area contributed by atoms with Gasteiger partial charge in [-0.1, -0.05) is 13.0 Å². The molecule has 0 saturated carbocycles. The molecule has 4 aromatic rings. The highest BCUT2D eigenvalue weighted by molar-refractivity contribution is 5.83. The molecule has 228 valence electrons. The summed E-state index contributed by atoms with van der Waals surface area (Å²) in [6.45, 7) is 17.0. The molecular weight excluding hydrogens is 548 g/mol. The molecule has 0 atom stereocenters. The van der Waals surface area contributed by atoms with Crippen LogP contribution in [0.4, 0.5) is 20.5 Å². The van der Waals surface area contributed by atoms with Crippen molar-refractivity contribution in [2.45, 2.75) is 59.2 Å². The van der Waals surface area contributed by atoms with Crippen LogP contribution in [0.25, 0.3) is 22.3 Å². The molecule has 0 radical (unpaired) electrons. The molecule has 1 N–H and O–H groups in total. The second-order valence-corrected chi connectivity index (χ2v) is 12.0. The fraction of sp³-hybridized carbons (Fsp3) is 0.500. The molecular formula is C32H41F2N9. The van der Waals surface area contributed by atoms with E-state index in [1.165, 1.54) is 45.1 Å². The van der Waals surface area contributed by atoms with Gasteiger partial charge >= 0.3 is 0 Å². The normalized spacial score (nSPS) is 17.7. The maximum Gasteiger partial charge on any atom is 0.229 e. The van der Waals surface area contributed by atoms with Crippen LogP contribution in [0.5, 0.6) is 0 Å². The Morgan fingerprint density at radius 3 is 2.35 bits per heavy atom. The van der Waals surface area contributed by atoms with E-state index in [-0.39, 0.29) is 23.2 Å². The fourth-order valence-electron chi connectivity index (χ4n) is 6.54. The number of aryl methyl sites for hydroxylation is 1. The quantitative estimate of drug-likeness (QED) is 0.293. The molecule has 0 spiro atoms. The molecule has 2 fully saturated rings. The van der Waals surface area contributed by atoms with Crippen molar-refractivity contribution in [3.63, 3.8) is 0 Å². The van der Waals surface area contributed by atoms with E-state index in [0.29, 0.717) is 28.8 Å². The van der Waals surface area contributed by atoms with Gasteiger partial charge in [0.1, 0.15) is 22.9 Å². The first kappa shape index (κ1) is 29.5. The Morgan fingerprint density at radius 2 is 1.67 bits per heavy atom. The molecule has 0 bridgehead atoms. The number of piperazine rings is 1. The predicted octanol–water partition coefficient (Wildman–Crippen LogP) is 5.40. The molecule has 11 heteroatoms. The molecule has 2 saturated heterocycles. The highest BCUT2D eigenvalue weighted by Gasteiger charge is 2.27. The number of anilines is 2. The highest BCUT2D eigenvalue weighted by Crippen LogP contribution is 2.30. The summed E-state index contributed by atoms with van der Waals surface area (Å²) in [6, 6.07) is 7.71. The highest BCUT2D eigenvalue weighted by atomic mass is 19.1. The number of nitrogens with one attached hydrogen (secondary N) is 1. The van der Waals surface area contributed by atoms with Crippen LogP contribution >= 0.6 is 0 Å². The van der Waals surface area contributed by atoms with E-state index < -0.39 is 11.6 Å². The SMILES string of the molecule is CCN1CCN(C2CCN(Cc3ccc(Nc4ncc(F)c(-c5cc(F)c6nc(C)n(C(C)C)c6c5)n4)nc3)CC2)CC1. The first-order valence-corrected chi connectivity index (χ1v) is 15.4. The van der Waals surface area contributed by atoms with Crippen molar-refractivity contribution >= 4 is 22.8 Å². The van der Waals surface area contributed by atoms with Gasteiger partial charge in [-0.15, -0.1) is 0 Å². The number of benzene rings is 1. The number of likely N-dealkylation sites (tertiary alicyclic amines) is 1. The van der Waals surface area contributed by atoms with Crippen molar-refractivity contribution in [1.82, 2.24) is 39.2 Å². The molecule has 0 aliphatic carbocycles. The van der Waals surface area contributed by atoms with Crippen LogP contribution in [0.15, 0.2) is 36.7 Å². The lowest BCUT2D eigenvalue weighted by molar-refractivity contribution is 0.0593. The number of nitrogens with zero attached hydrogens (tertiary/aromatic N) is 8. The zero-order chi connectivity index (χ0) is 30.1. The summed E-state index contributed by atoms with van der Waals surface area (Å²) in [6.07, 6.45) is 5.38. The van der Waals surface area contributed by atoms with Gasteiger partial charge in [0.05, 0.1) is 11.7 Å². The van der Waals surface area contributed by atoms with Crippen LogP contribution in [0.1, 0.15) is 51.0 Å². The Bertz CT molecular complexity index is 1550. The number of likely N-dealkylation sites (N-methyl/N-ethyl adjacent to an activating group) is 1. The first-order chi connectivity index (χ1) is 20.8. The van der Waals surface area contributed by atoms with Gasteiger partial charge in [-0.2, -0.15) is 0 Å². The lowest BCUT2D eigenvalue weighted by Crippen LogP contribution is -2.52. The summed E-state index contributed by atoms with van der Waals surface area (Å²) in [7, 11) is 0. The molecule has 0 amide bonds. The van der Waals surface area contributed by atoms with Crippen LogP contribution in [0.2, 0.25) is 0 Å². The number of pyridine rings is 1. The van der Waals surface area contributed by atoms with Crippen LogP contribution in [-0.4, -0.2) is 91.1 Å². The summed E-state index contributed by atoms with van der Waals surface area (Å²) >= 11 is 0. The van der Waals surface area contributed by atoms with E-state index in [2.05, 4.69) is 52.9 Å². The van der Waals surface area contributed by atoms with Gasteiger partial charge in [0.15, 0.2) is 11.6 Å². The van der Waals surface area contributed by atoms with Crippen LogP contribution in [0.3, 0.4) is 0 Å². The smallest absolute Gasteiger partial charge is 0.229 e. The Labute approximate surface area is 252 Å². The van der Waals surface area contributed by atoms with Crippen molar-refractivity contribution in [3.05, 3.63) is 59.7 Å². The Morgan fingerprint density at radius 1 is 0.907 bits per heavy atom. The van der Waals surface area contributed by atoms with Crippen LogP contribution in [0, 0.1) is 18.6 Å². The Kier molecular flexibility index (Phi) is 8.65. The van der Waals surface area contributed by atoms with Gasteiger partial charge in [0.25, 0.3) is 0 Å². The van der Waals surface area contributed by atoms with Crippen LogP contribution in [-0.2, 0) is 6.54 Å². The third-order valence-electron chi connectivity index (χ3n) is 8.86. The molecule has 2 aliphatic rings. The average Bonchev–Trinajstić information content (AvgIpc) is 3.36. The lowest BCUT2D eigenvalue weighted by Gasteiger charge is -2.42. The molecule has 1 aromatic carbocycles. The number of imidazole rings is 1. The predicted molar refractivity (Wildman–Crippen MR) is 165 cm³/mol. The molecule has 6 rings (SSSR count). The number of fused-ring (bicyclic) bond motifs is 1. The summed E-state index contributed by atoms with van der Waals surface area (Å²) in [5.74, 6) is 0.297. The number of aromatic nitrogens is 5. The zero-order valence-electron chi connectivity index (χ0n) is 25.5. The Hall–Kier alpha value is -3.54. The maximum atomic E-state index is 15.0. The van der Waals surface area contributed by atoms with Gasteiger partial charge in [-0.25, -0.2) is 28.7 Å². The minimum absolute atomic E-state index is 0.0136. The molecule has 0 unspecified atom stereocenters. The summed E-state index contributed by atoms with van der Waals surface area (Å²) in [4.78, 5) is 25.1. The molecule has 3 aromatic heterocycles. The topological polar surface area (TPSA) is 78.2 Å². The minimum Gasteiger partial charge on any atom is -0.326 e. The van der Waals surface area contributed by atoms with E-state index in [1.807, 2.05) is 37.6 Å². The number of piperidine rings is 1. The molecule has 5 heterocycles. The number of halogens is 2. The van der Waals surface area contributed by atoms with E-state index in [4.69, 9.17) is 0 Å². The van der Waals surface area contributed by atoms with Crippen molar-refractivity contribution in [2.75, 3.05) is 51.1 Å². The van der Waals surface area contributed by atoms with Crippen LogP contribution < -0.4 is 5.32 Å². The Balaban J connectivity index is 1.09. The second kappa shape index (κ2) is 12.6. The molecule has 43 heavy (non-hydrogen) atoms. The zero-order valence-corrected chi connectivity index (χ0v) is 25.5. The summed E-state index contributed by atoms with van der Waals surface area (Å²) in [5, 5.41) is 3.07. The van der Waals surface area contributed by atoms with E-state index in [9.17, 15) is 4.39 Å². The van der Waals surface area contributed by atoms with Crippen molar-refractivity contribution < 1.29 is 8.78 Å². The second-order valence-electron chi connectivity index (χ2n) is 12.0. The first-order valence-electron chi connectivity index (χ1n) is 15.4. The van der Waals surface area contributed by atoms with Gasteiger partial charge in [-0.3, -0.25) is 9.80 Å². The number of hydrogen-bond acceptors (Lipinski definition) is 8. The standard InChI is InChI=1S/C32H41F2N9/c1-5-40-12-14-42(15-13-40)25-8-10-41(11-9-25)20-23-6-7-29(35-18-23)38-32-36-19-27(34)30(39-32)24-16-26(33)31-28(17-24)43(21(2)3)22(4)37-31/h6-7,16-19,21,25H,5,8-15,20H2,1-4H3,(H,35,36,38,39). The molecule has 9 nitrogen and oxygen atoms in total. The van der Waals surface area contributed by atoms with Gasteiger partial charge in [-0.05, 0) is 77.0 Å². The van der Waals surface area contributed by atoms with Gasteiger partial charge in [0, 0.05) is 56.6 Å². The minimum atomic E-state index is -0.632. The van der Waals surface area contributed by atoms with E-state index in [1.54, 1.807) is 6.07 Å². The largest absolute Gasteiger partial charge is 0.326 e. The maximum absolute atomic E-state index is 15.0. The molecule has 2 aliphatic heterocycles. The van der Waals surface area contributed by atoms with Gasteiger partial charge in [0.2, 0.25) is 5.95 Å².